The molecule has 2 saturated heterocycles. The number of fused-ring (bicyclic) bond motifs is 2. The molecular formula is C26H32F4N2O3S. The SMILES string of the molecule is CC(C)c1cc(CN2CC3CCC(C2)N3S(C)(=O)=O)ccc1-c1ccc(C(C)(O)C(F)(F)F)cc1F. The minimum absolute atomic E-state index is 0.0237. The molecule has 0 amide bonds. The zero-order valence-corrected chi connectivity index (χ0v) is 21.6. The molecule has 3 unspecified atom stereocenters. The van der Waals surface area contributed by atoms with E-state index in [0.29, 0.717) is 32.1 Å². The molecule has 198 valence electrons. The van der Waals surface area contributed by atoms with Crippen LogP contribution < -0.4 is 0 Å². The van der Waals surface area contributed by atoms with Crippen LogP contribution in [0.15, 0.2) is 36.4 Å². The van der Waals surface area contributed by atoms with Gasteiger partial charge in [0, 0.05) is 37.3 Å². The van der Waals surface area contributed by atoms with Crippen LogP contribution in [0.5, 0.6) is 0 Å². The van der Waals surface area contributed by atoms with E-state index in [1.807, 2.05) is 26.0 Å². The summed E-state index contributed by atoms with van der Waals surface area (Å²) < 4.78 is 80.6. The van der Waals surface area contributed by atoms with Gasteiger partial charge in [0.1, 0.15) is 5.82 Å². The van der Waals surface area contributed by atoms with Crippen molar-refractivity contribution < 1.29 is 31.1 Å². The number of rotatable bonds is 6. The van der Waals surface area contributed by atoms with Crippen molar-refractivity contribution in [3.05, 3.63) is 58.9 Å². The lowest BCUT2D eigenvalue weighted by atomic mass is 9.88. The number of aliphatic hydroxyl groups is 1. The molecule has 2 aliphatic heterocycles. The summed E-state index contributed by atoms with van der Waals surface area (Å²) in [4.78, 5) is 2.25. The standard InChI is InChI=1S/C26H32F4N2O3S/c1-16(2)23-11-17(13-31-14-19-7-8-20(15-31)32(19)36(4,34)35)5-9-21(23)22-10-6-18(12-24(22)27)25(3,33)26(28,29)30/h5-6,9-12,16,19-20,33H,7-8,13-15H2,1-4H3. The lowest BCUT2D eigenvalue weighted by molar-refractivity contribution is -0.258. The van der Waals surface area contributed by atoms with Crippen molar-refractivity contribution in [1.29, 1.82) is 0 Å². The van der Waals surface area contributed by atoms with Gasteiger partial charge in [0.25, 0.3) is 0 Å². The van der Waals surface area contributed by atoms with Gasteiger partial charge in [-0.3, -0.25) is 4.90 Å². The van der Waals surface area contributed by atoms with E-state index in [-0.39, 0.29) is 23.6 Å². The molecule has 0 radical (unpaired) electrons. The maximum atomic E-state index is 15.1. The third kappa shape index (κ3) is 5.05. The van der Waals surface area contributed by atoms with Crippen LogP contribution in [-0.2, 0) is 22.2 Å². The van der Waals surface area contributed by atoms with Gasteiger partial charge in [-0.2, -0.15) is 17.5 Å². The largest absolute Gasteiger partial charge is 0.421 e. The molecule has 0 spiro atoms. The van der Waals surface area contributed by atoms with E-state index in [1.165, 1.54) is 12.3 Å². The number of nitrogens with zero attached hydrogens (tertiary/aromatic N) is 2. The Morgan fingerprint density at radius 1 is 1.03 bits per heavy atom. The van der Waals surface area contributed by atoms with Gasteiger partial charge in [-0.1, -0.05) is 44.2 Å². The molecule has 0 saturated carbocycles. The minimum atomic E-state index is -4.93. The Balaban J connectivity index is 1.59. The maximum Gasteiger partial charge on any atom is 0.421 e. The minimum Gasteiger partial charge on any atom is -0.376 e. The van der Waals surface area contributed by atoms with Crippen LogP contribution in [0.4, 0.5) is 17.6 Å². The highest BCUT2D eigenvalue weighted by molar-refractivity contribution is 7.88. The van der Waals surface area contributed by atoms with E-state index in [1.54, 1.807) is 10.4 Å². The van der Waals surface area contributed by atoms with Gasteiger partial charge in [-0.15, -0.1) is 0 Å². The highest BCUT2D eigenvalue weighted by atomic mass is 32.2. The molecule has 2 aromatic carbocycles. The smallest absolute Gasteiger partial charge is 0.376 e. The number of halogens is 4. The number of piperazine rings is 1. The van der Waals surface area contributed by atoms with Gasteiger partial charge in [0.05, 0.1) is 6.26 Å². The van der Waals surface area contributed by atoms with Crippen molar-refractivity contribution in [2.24, 2.45) is 0 Å². The van der Waals surface area contributed by atoms with Gasteiger partial charge in [-0.25, -0.2) is 12.8 Å². The summed E-state index contributed by atoms with van der Waals surface area (Å²) in [5.41, 5.74) is -1.08. The molecule has 5 nitrogen and oxygen atoms in total. The van der Waals surface area contributed by atoms with Gasteiger partial charge in [-0.05, 0) is 54.0 Å². The van der Waals surface area contributed by atoms with Gasteiger partial charge in [0.2, 0.25) is 10.0 Å². The van der Waals surface area contributed by atoms with E-state index >= 15 is 4.39 Å². The Morgan fingerprint density at radius 3 is 2.11 bits per heavy atom. The summed E-state index contributed by atoms with van der Waals surface area (Å²) in [7, 11) is -3.24. The first kappa shape index (κ1) is 27.0. The Bertz CT molecular complexity index is 1230. The van der Waals surface area contributed by atoms with E-state index in [4.69, 9.17) is 0 Å². The summed E-state index contributed by atoms with van der Waals surface area (Å²) in [6.07, 6.45) is -1.97. The second-order valence-electron chi connectivity index (χ2n) is 10.5. The molecule has 2 fully saturated rings. The Labute approximate surface area is 209 Å². The second-order valence-corrected chi connectivity index (χ2v) is 12.4. The zero-order valence-electron chi connectivity index (χ0n) is 20.8. The number of sulfonamides is 1. The summed E-state index contributed by atoms with van der Waals surface area (Å²) in [5, 5.41) is 9.91. The van der Waals surface area contributed by atoms with Gasteiger partial charge >= 0.3 is 6.18 Å². The number of benzene rings is 2. The molecule has 4 rings (SSSR count). The van der Waals surface area contributed by atoms with Crippen molar-refractivity contribution in [3.63, 3.8) is 0 Å². The molecular weight excluding hydrogens is 496 g/mol. The number of likely N-dealkylation sites (tertiary alicyclic amines) is 1. The van der Waals surface area contributed by atoms with Crippen LogP contribution in [0.25, 0.3) is 11.1 Å². The van der Waals surface area contributed by atoms with E-state index < -0.39 is 33.2 Å². The first-order chi connectivity index (χ1) is 16.6. The van der Waals surface area contributed by atoms with Crippen molar-refractivity contribution in [3.8, 4) is 11.1 Å². The predicted molar refractivity (Wildman–Crippen MR) is 130 cm³/mol. The summed E-state index contributed by atoms with van der Waals surface area (Å²) in [6.45, 7) is 6.47. The topological polar surface area (TPSA) is 60.9 Å². The average Bonchev–Trinajstić information content (AvgIpc) is 3.05. The quantitative estimate of drug-likeness (QED) is 0.537. The molecule has 2 aromatic rings. The first-order valence-electron chi connectivity index (χ1n) is 12.0. The van der Waals surface area contributed by atoms with Crippen LogP contribution in [0.3, 0.4) is 0 Å². The average molecular weight is 529 g/mol. The zero-order chi connectivity index (χ0) is 26.6. The molecule has 2 aliphatic rings. The van der Waals surface area contributed by atoms with E-state index in [0.717, 1.165) is 36.1 Å². The third-order valence-electron chi connectivity index (χ3n) is 7.39. The van der Waals surface area contributed by atoms with Gasteiger partial charge in [0.15, 0.2) is 5.60 Å². The third-order valence-corrected chi connectivity index (χ3v) is 8.75. The molecule has 2 heterocycles. The van der Waals surface area contributed by atoms with Crippen LogP contribution in [-0.4, -0.2) is 60.3 Å². The monoisotopic (exact) mass is 528 g/mol. The summed E-state index contributed by atoms with van der Waals surface area (Å²) in [5.74, 6) is -0.810. The Kier molecular flexibility index (Phi) is 7.05. The van der Waals surface area contributed by atoms with Crippen LogP contribution in [0, 0.1) is 5.82 Å². The van der Waals surface area contributed by atoms with Crippen LogP contribution in [0.1, 0.15) is 56.2 Å². The predicted octanol–water partition coefficient (Wildman–Crippen LogP) is 4.99. The lowest BCUT2D eigenvalue weighted by Crippen LogP contribution is -2.54. The van der Waals surface area contributed by atoms with Crippen molar-refractivity contribution in [1.82, 2.24) is 9.21 Å². The van der Waals surface area contributed by atoms with Crippen molar-refractivity contribution in [2.45, 2.75) is 69.9 Å². The van der Waals surface area contributed by atoms with Crippen LogP contribution >= 0.6 is 0 Å². The molecule has 0 aromatic heterocycles. The highest BCUT2D eigenvalue weighted by Gasteiger charge is 2.51. The number of hydrogen-bond acceptors (Lipinski definition) is 4. The molecule has 2 bridgehead atoms. The Morgan fingerprint density at radius 2 is 1.61 bits per heavy atom. The Hall–Kier alpha value is -2.01. The molecule has 1 N–H and O–H groups in total. The van der Waals surface area contributed by atoms with Crippen molar-refractivity contribution in [2.75, 3.05) is 19.3 Å². The number of hydrogen-bond donors (Lipinski definition) is 1. The van der Waals surface area contributed by atoms with Crippen molar-refractivity contribution >= 4 is 10.0 Å². The summed E-state index contributed by atoms with van der Waals surface area (Å²) in [6, 6.07) is 8.75. The molecule has 10 heteroatoms. The fourth-order valence-corrected chi connectivity index (χ4v) is 6.94. The molecule has 0 aliphatic carbocycles. The first-order valence-corrected chi connectivity index (χ1v) is 13.9. The summed E-state index contributed by atoms with van der Waals surface area (Å²) >= 11 is 0. The van der Waals surface area contributed by atoms with E-state index in [9.17, 15) is 26.7 Å². The fraction of sp³-hybridized carbons (Fsp3) is 0.538. The lowest BCUT2D eigenvalue weighted by Gasteiger charge is -2.39. The molecule has 36 heavy (non-hydrogen) atoms. The maximum absolute atomic E-state index is 15.1. The molecule has 3 atom stereocenters. The van der Waals surface area contributed by atoms with E-state index in [2.05, 4.69) is 4.90 Å². The number of alkyl halides is 3. The fourth-order valence-electron chi connectivity index (χ4n) is 5.51. The van der Waals surface area contributed by atoms with Crippen LogP contribution in [0.2, 0.25) is 0 Å². The normalized spacial score (nSPS) is 23.3. The second kappa shape index (κ2) is 9.38. The van der Waals surface area contributed by atoms with Gasteiger partial charge < -0.3 is 5.11 Å². The highest BCUT2D eigenvalue weighted by Crippen LogP contribution is 2.41.